The second kappa shape index (κ2) is 3.34. The number of H-pyrrole nitrogens is 1. The van der Waals surface area contributed by atoms with Crippen molar-refractivity contribution in [3.63, 3.8) is 0 Å². The Balaban J connectivity index is 2.64. The number of halogens is 2. The fraction of sp³-hybridized carbons (Fsp3) is 0.222. The summed E-state index contributed by atoms with van der Waals surface area (Å²) in [5.74, 6) is 0.243. The molecule has 1 N–H and O–H groups in total. The molecule has 0 amide bonds. The number of pyridine rings is 1. The molecule has 2 nitrogen and oxygen atoms in total. The fourth-order valence-electron chi connectivity index (χ4n) is 1.38. The summed E-state index contributed by atoms with van der Waals surface area (Å²) < 4.78 is 13.3. The second-order valence-corrected chi connectivity index (χ2v) is 3.15. The topological polar surface area (TPSA) is 28.7 Å². The summed E-state index contributed by atoms with van der Waals surface area (Å²) in [6.07, 6.45) is 3.85. The zero-order valence-electron chi connectivity index (χ0n) is 6.85. The lowest BCUT2D eigenvalue weighted by Gasteiger charge is -1.95. The summed E-state index contributed by atoms with van der Waals surface area (Å²) in [5, 5.41) is 0.558. The lowest BCUT2D eigenvalue weighted by atomic mass is 10.2. The molecule has 2 aromatic heterocycles. The number of alkyl halides is 1. The summed E-state index contributed by atoms with van der Waals surface area (Å²) in [5.41, 5.74) is 1.47. The summed E-state index contributed by atoms with van der Waals surface area (Å²) in [6, 6.07) is 1.36. The molecular weight excluding hydrogens is 191 g/mol. The Bertz CT molecular complexity index is 424. The van der Waals surface area contributed by atoms with E-state index >= 15 is 0 Å². The van der Waals surface area contributed by atoms with E-state index in [2.05, 4.69) is 9.97 Å². The molecule has 0 fully saturated rings. The second-order valence-electron chi connectivity index (χ2n) is 2.77. The third kappa shape index (κ3) is 1.40. The molecule has 0 saturated carbocycles. The number of aromatic amines is 1. The van der Waals surface area contributed by atoms with E-state index in [4.69, 9.17) is 11.6 Å². The van der Waals surface area contributed by atoms with Gasteiger partial charge in [-0.25, -0.2) is 9.37 Å². The van der Waals surface area contributed by atoms with Crippen LogP contribution in [0.15, 0.2) is 18.5 Å². The van der Waals surface area contributed by atoms with Gasteiger partial charge in [-0.05, 0) is 18.1 Å². The molecule has 0 atom stereocenters. The highest BCUT2D eigenvalue weighted by molar-refractivity contribution is 6.18. The summed E-state index contributed by atoms with van der Waals surface area (Å²) in [6.45, 7) is 0. The van der Waals surface area contributed by atoms with E-state index in [1.54, 1.807) is 6.20 Å². The molecule has 0 aliphatic heterocycles. The largest absolute Gasteiger partial charge is 0.346 e. The van der Waals surface area contributed by atoms with Crippen molar-refractivity contribution in [3.8, 4) is 0 Å². The third-order valence-corrected chi connectivity index (χ3v) is 2.16. The van der Waals surface area contributed by atoms with E-state index in [1.165, 1.54) is 12.3 Å². The van der Waals surface area contributed by atoms with Crippen LogP contribution in [0.1, 0.15) is 5.56 Å². The first-order chi connectivity index (χ1) is 6.33. The highest BCUT2D eigenvalue weighted by atomic mass is 35.5. The molecule has 0 aromatic carbocycles. The first-order valence-corrected chi connectivity index (χ1v) is 4.53. The van der Waals surface area contributed by atoms with E-state index in [0.717, 1.165) is 5.56 Å². The third-order valence-electron chi connectivity index (χ3n) is 1.97. The molecule has 2 aromatic rings. The number of nitrogens with zero attached hydrogens (tertiary/aromatic N) is 1. The highest BCUT2D eigenvalue weighted by Crippen LogP contribution is 2.19. The minimum Gasteiger partial charge on any atom is -0.346 e. The van der Waals surface area contributed by atoms with E-state index in [0.29, 0.717) is 23.3 Å². The van der Waals surface area contributed by atoms with Gasteiger partial charge in [0.25, 0.3) is 0 Å². The van der Waals surface area contributed by atoms with Crippen molar-refractivity contribution in [3.05, 3.63) is 29.8 Å². The van der Waals surface area contributed by atoms with Crippen molar-refractivity contribution < 1.29 is 4.39 Å². The number of aromatic nitrogens is 2. The van der Waals surface area contributed by atoms with Crippen LogP contribution in [-0.2, 0) is 6.42 Å². The van der Waals surface area contributed by atoms with Crippen molar-refractivity contribution in [2.24, 2.45) is 0 Å². The highest BCUT2D eigenvalue weighted by Gasteiger charge is 2.08. The molecular formula is C9H8ClFN2. The number of hydrogen-bond donors (Lipinski definition) is 1. The first-order valence-electron chi connectivity index (χ1n) is 3.99. The molecule has 68 valence electrons. The van der Waals surface area contributed by atoms with Crippen LogP contribution in [0.4, 0.5) is 4.39 Å². The number of aryl methyl sites for hydroxylation is 1. The normalized spacial score (nSPS) is 10.9. The van der Waals surface area contributed by atoms with Crippen LogP contribution >= 0.6 is 11.6 Å². The zero-order valence-corrected chi connectivity index (χ0v) is 7.61. The zero-order chi connectivity index (χ0) is 9.26. The van der Waals surface area contributed by atoms with Crippen molar-refractivity contribution in [2.45, 2.75) is 6.42 Å². The number of rotatable bonds is 2. The molecule has 0 aliphatic carbocycles. The van der Waals surface area contributed by atoms with Gasteiger partial charge in [-0.2, -0.15) is 0 Å². The van der Waals surface area contributed by atoms with Gasteiger partial charge in [0.2, 0.25) is 0 Å². The van der Waals surface area contributed by atoms with Gasteiger partial charge in [-0.15, -0.1) is 11.6 Å². The van der Waals surface area contributed by atoms with Gasteiger partial charge in [0, 0.05) is 18.3 Å². The summed E-state index contributed by atoms with van der Waals surface area (Å²) >= 11 is 5.59. The monoisotopic (exact) mass is 198 g/mol. The Kier molecular flexibility index (Phi) is 2.19. The molecule has 0 unspecified atom stereocenters. The van der Waals surface area contributed by atoms with Crippen molar-refractivity contribution in [1.82, 2.24) is 9.97 Å². The van der Waals surface area contributed by atoms with Gasteiger partial charge >= 0.3 is 0 Å². The lowest BCUT2D eigenvalue weighted by molar-refractivity contribution is 0.638. The average molecular weight is 199 g/mol. The lowest BCUT2D eigenvalue weighted by Crippen LogP contribution is -1.86. The maximum Gasteiger partial charge on any atom is 0.140 e. The minimum absolute atomic E-state index is 0.244. The van der Waals surface area contributed by atoms with Crippen molar-refractivity contribution >= 4 is 22.6 Å². The smallest absolute Gasteiger partial charge is 0.140 e. The van der Waals surface area contributed by atoms with E-state index < -0.39 is 0 Å². The van der Waals surface area contributed by atoms with Crippen LogP contribution in [0, 0.1) is 5.82 Å². The van der Waals surface area contributed by atoms with Crippen LogP contribution in [-0.4, -0.2) is 15.8 Å². The van der Waals surface area contributed by atoms with Gasteiger partial charge in [0.1, 0.15) is 11.5 Å². The average Bonchev–Trinajstić information content (AvgIpc) is 2.51. The maximum absolute atomic E-state index is 13.3. The first kappa shape index (κ1) is 8.51. The standard InChI is InChI=1S/C9H8ClFN2/c10-3-1-6-5-13-9-8(6)7(11)2-4-12-9/h2,4-5H,1,3H2,(H,12,13). The Morgan fingerprint density at radius 1 is 1.54 bits per heavy atom. The van der Waals surface area contributed by atoms with Crippen LogP contribution in [0.25, 0.3) is 11.0 Å². The predicted octanol–water partition coefficient (Wildman–Crippen LogP) is 2.48. The van der Waals surface area contributed by atoms with Crippen molar-refractivity contribution in [2.75, 3.05) is 5.88 Å². The summed E-state index contributed by atoms with van der Waals surface area (Å²) in [7, 11) is 0. The molecule has 4 heteroatoms. The molecule has 0 radical (unpaired) electrons. The van der Waals surface area contributed by atoms with Gasteiger partial charge in [0.05, 0.1) is 5.39 Å². The van der Waals surface area contributed by atoms with Crippen LogP contribution in [0.3, 0.4) is 0 Å². The van der Waals surface area contributed by atoms with Gasteiger partial charge in [-0.1, -0.05) is 0 Å². The Hall–Kier alpha value is -1.09. The molecule has 2 rings (SSSR count). The fourth-order valence-corrected chi connectivity index (χ4v) is 1.58. The van der Waals surface area contributed by atoms with E-state index in [1.807, 2.05) is 0 Å². The number of hydrogen-bond acceptors (Lipinski definition) is 1. The van der Waals surface area contributed by atoms with Crippen LogP contribution in [0.5, 0.6) is 0 Å². The Labute approximate surface area is 79.7 Å². The van der Waals surface area contributed by atoms with Crippen LogP contribution < -0.4 is 0 Å². The van der Waals surface area contributed by atoms with Crippen molar-refractivity contribution in [1.29, 1.82) is 0 Å². The van der Waals surface area contributed by atoms with Gasteiger partial charge in [0.15, 0.2) is 0 Å². The van der Waals surface area contributed by atoms with Gasteiger partial charge in [-0.3, -0.25) is 0 Å². The van der Waals surface area contributed by atoms with E-state index in [-0.39, 0.29) is 5.82 Å². The predicted molar refractivity (Wildman–Crippen MR) is 50.5 cm³/mol. The number of nitrogens with one attached hydrogen (secondary N) is 1. The van der Waals surface area contributed by atoms with E-state index in [9.17, 15) is 4.39 Å². The molecule has 0 bridgehead atoms. The maximum atomic E-state index is 13.3. The van der Waals surface area contributed by atoms with Crippen LogP contribution in [0.2, 0.25) is 0 Å². The molecule has 13 heavy (non-hydrogen) atoms. The van der Waals surface area contributed by atoms with Gasteiger partial charge < -0.3 is 4.98 Å². The molecule has 0 spiro atoms. The summed E-state index contributed by atoms with van der Waals surface area (Å²) in [4.78, 5) is 6.91. The number of fused-ring (bicyclic) bond motifs is 1. The molecule has 0 aliphatic rings. The Morgan fingerprint density at radius 2 is 2.38 bits per heavy atom. The molecule has 0 saturated heterocycles. The Morgan fingerprint density at radius 3 is 3.15 bits per heavy atom. The quantitative estimate of drug-likeness (QED) is 0.738. The minimum atomic E-state index is -0.244. The SMILES string of the molecule is Fc1ccnc2[nH]cc(CCCl)c12. The molecule has 2 heterocycles.